The third-order valence-electron chi connectivity index (χ3n) is 6.34. The number of likely N-dealkylation sites (tertiary alicyclic amines) is 1. The number of hydrogen-bond donors (Lipinski definition) is 0. The van der Waals surface area contributed by atoms with Crippen molar-refractivity contribution in [3.8, 4) is 0 Å². The summed E-state index contributed by atoms with van der Waals surface area (Å²) in [6.07, 6.45) is 2.55. The highest BCUT2D eigenvalue weighted by Gasteiger charge is 2.40. The Morgan fingerprint density at radius 3 is 2.71 bits per heavy atom. The van der Waals surface area contributed by atoms with Crippen LogP contribution in [0.3, 0.4) is 0 Å². The Morgan fingerprint density at radius 1 is 1.18 bits per heavy atom. The Labute approximate surface area is 167 Å². The molecule has 1 saturated heterocycles. The van der Waals surface area contributed by atoms with Crippen LogP contribution in [0.4, 0.5) is 10.1 Å². The molecule has 0 N–H and O–H groups in total. The highest BCUT2D eigenvalue weighted by molar-refractivity contribution is 5.95. The molecule has 2 atom stereocenters. The second kappa shape index (κ2) is 8.04. The van der Waals surface area contributed by atoms with Crippen LogP contribution in [0.5, 0.6) is 0 Å². The number of carbonyl (C=O) groups excluding carboxylic acids is 1. The predicted octanol–water partition coefficient (Wildman–Crippen LogP) is 4.80. The summed E-state index contributed by atoms with van der Waals surface area (Å²) < 4.78 is 13.0. The molecule has 0 radical (unpaired) electrons. The molecule has 2 aromatic rings. The van der Waals surface area contributed by atoms with Gasteiger partial charge in [-0.05, 0) is 69.1 Å². The van der Waals surface area contributed by atoms with Crippen molar-refractivity contribution >= 4 is 11.5 Å². The molecule has 4 heteroatoms. The number of carbonyl (C=O) groups is 1. The quantitative estimate of drug-likeness (QED) is 0.673. The van der Waals surface area contributed by atoms with Crippen LogP contribution in [0.2, 0.25) is 0 Å². The van der Waals surface area contributed by atoms with E-state index in [1.165, 1.54) is 35.4 Å². The van der Waals surface area contributed by atoms with Gasteiger partial charge < -0.3 is 9.80 Å². The summed E-state index contributed by atoms with van der Waals surface area (Å²) in [6, 6.07) is 13.4. The zero-order valence-corrected chi connectivity index (χ0v) is 16.8. The van der Waals surface area contributed by atoms with Gasteiger partial charge in [0.25, 0.3) is 0 Å². The van der Waals surface area contributed by atoms with Crippen LogP contribution < -0.4 is 4.90 Å². The molecule has 28 heavy (non-hydrogen) atoms. The maximum absolute atomic E-state index is 13.0. The van der Waals surface area contributed by atoms with Gasteiger partial charge in [0, 0.05) is 49.3 Å². The Bertz CT molecular complexity index is 848. The number of halogens is 1. The van der Waals surface area contributed by atoms with Crippen LogP contribution in [-0.2, 0) is 0 Å². The molecular formula is C24H29FN2O. The number of piperidine rings is 1. The van der Waals surface area contributed by atoms with E-state index in [0.717, 1.165) is 32.6 Å². The highest BCUT2D eigenvalue weighted by Crippen LogP contribution is 2.44. The first-order valence-electron chi connectivity index (χ1n) is 10.4. The van der Waals surface area contributed by atoms with E-state index in [-0.39, 0.29) is 11.6 Å². The molecule has 148 valence electrons. The second-order valence-electron chi connectivity index (χ2n) is 8.15. The molecule has 0 bridgehead atoms. The molecule has 4 rings (SSSR count). The average molecular weight is 381 g/mol. The zero-order valence-electron chi connectivity index (χ0n) is 16.8. The van der Waals surface area contributed by atoms with Crippen molar-refractivity contribution in [2.24, 2.45) is 0 Å². The monoisotopic (exact) mass is 380 g/mol. The van der Waals surface area contributed by atoms with Crippen LogP contribution in [0.15, 0.2) is 42.5 Å². The number of aryl methyl sites for hydroxylation is 1. The molecule has 2 heterocycles. The summed E-state index contributed by atoms with van der Waals surface area (Å²) >= 11 is 0. The third kappa shape index (κ3) is 3.70. The van der Waals surface area contributed by atoms with Crippen LogP contribution in [0, 0.1) is 12.7 Å². The van der Waals surface area contributed by atoms with Crippen molar-refractivity contribution in [3.63, 3.8) is 0 Å². The van der Waals surface area contributed by atoms with Gasteiger partial charge >= 0.3 is 0 Å². The van der Waals surface area contributed by atoms with E-state index in [9.17, 15) is 9.18 Å². The lowest BCUT2D eigenvalue weighted by Gasteiger charge is -2.38. The summed E-state index contributed by atoms with van der Waals surface area (Å²) in [5.74, 6) is 0.373. The summed E-state index contributed by atoms with van der Waals surface area (Å²) in [7, 11) is 0. The fourth-order valence-corrected chi connectivity index (χ4v) is 4.95. The number of rotatable bonds is 6. The van der Waals surface area contributed by atoms with E-state index in [2.05, 4.69) is 41.8 Å². The molecule has 0 spiro atoms. The smallest absolute Gasteiger partial charge is 0.162 e. The normalized spacial score (nSPS) is 21.5. The first-order valence-corrected chi connectivity index (χ1v) is 10.4. The first kappa shape index (κ1) is 19.1. The summed E-state index contributed by atoms with van der Waals surface area (Å²) in [5.41, 5.74) is 4.85. The minimum absolute atomic E-state index is 0.105. The minimum atomic E-state index is -0.298. The van der Waals surface area contributed by atoms with Crippen LogP contribution in [0.25, 0.3) is 0 Å². The van der Waals surface area contributed by atoms with Gasteiger partial charge in [-0.2, -0.15) is 0 Å². The Morgan fingerprint density at radius 2 is 1.96 bits per heavy atom. The van der Waals surface area contributed by atoms with E-state index in [0.29, 0.717) is 23.9 Å². The Hall–Kier alpha value is -2.20. The molecule has 3 nitrogen and oxygen atoms in total. The zero-order chi connectivity index (χ0) is 19.7. The maximum atomic E-state index is 13.0. The largest absolute Gasteiger partial charge is 0.368 e. The summed E-state index contributed by atoms with van der Waals surface area (Å²) in [6.45, 7) is 8.59. The van der Waals surface area contributed by atoms with Gasteiger partial charge in [0.05, 0.1) is 0 Å². The lowest BCUT2D eigenvalue weighted by Crippen LogP contribution is -2.46. The highest BCUT2D eigenvalue weighted by atomic mass is 19.1. The van der Waals surface area contributed by atoms with E-state index < -0.39 is 0 Å². The molecule has 1 fully saturated rings. The topological polar surface area (TPSA) is 23.6 Å². The lowest BCUT2D eigenvalue weighted by molar-refractivity contribution is 0.0971. The maximum Gasteiger partial charge on any atom is 0.162 e. The predicted molar refractivity (Wildman–Crippen MR) is 112 cm³/mol. The van der Waals surface area contributed by atoms with Gasteiger partial charge in [0.15, 0.2) is 5.78 Å². The third-order valence-corrected chi connectivity index (χ3v) is 6.34. The number of hydrogen-bond acceptors (Lipinski definition) is 3. The molecule has 0 aliphatic carbocycles. The Kier molecular flexibility index (Phi) is 5.49. The second-order valence-corrected chi connectivity index (χ2v) is 8.15. The van der Waals surface area contributed by atoms with Gasteiger partial charge in [-0.3, -0.25) is 4.79 Å². The molecule has 0 amide bonds. The Balaban J connectivity index is 1.36. The summed E-state index contributed by atoms with van der Waals surface area (Å²) in [5, 5.41) is 0. The molecular weight excluding hydrogens is 351 g/mol. The van der Waals surface area contributed by atoms with Gasteiger partial charge in [0.2, 0.25) is 0 Å². The number of Topliss-reactive ketones (excluding diaryl/α,β-unsaturated/α-hetero) is 1. The van der Waals surface area contributed by atoms with E-state index in [1.807, 2.05) is 0 Å². The SMILES string of the molecule is CCN1c2ccc(C)cc2[C@H]2CN(CCCC(=O)c3ccc(F)cc3)CC[C@H]21. The van der Waals surface area contributed by atoms with Crippen molar-refractivity contribution in [2.75, 3.05) is 31.1 Å². The van der Waals surface area contributed by atoms with Gasteiger partial charge in [-0.25, -0.2) is 4.39 Å². The molecule has 0 aromatic heterocycles. The molecule has 2 aliphatic heterocycles. The van der Waals surface area contributed by atoms with Gasteiger partial charge in [-0.1, -0.05) is 17.7 Å². The van der Waals surface area contributed by atoms with Crippen molar-refractivity contribution < 1.29 is 9.18 Å². The standard InChI is InChI=1S/C24H29FN2O/c1-3-27-22-11-6-17(2)15-20(22)21-16-26(14-12-23(21)27)13-4-5-24(28)18-7-9-19(25)10-8-18/h6-11,15,21,23H,3-5,12-14,16H2,1-2H3/t21-,23-/m1/s1. The lowest BCUT2D eigenvalue weighted by atomic mass is 9.88. The van der Waals surface area contributed by atoms with Crippen molar-refractivity contribution in [2.45, 2.75) is 45.1 Å². The van der Waals surface area contributed by atoms with Crippen molar-refractivity contribution in [1.29, 1.82) is 0 Å². The molecule has 0 saturated carbocycles. The summed E-state index contributed by atoms with van der Waals surface area (Å²) in [4.78, 5) is 17.4. The minimum Gasteiger partial charge on any atom is -0.368 e. The van der Waals surface area contributed by atoms with Crippen molar-refractivity contribution in [1.82, 2.24) is 4.90 Å². The molecule has 2 aromatic carbocycles. The fourth-order valence-electron chi connectivity index (χ4n) is 4.95. The van der Waals surface area contributed by atoms with Gasteiger partial charge in [0.1, 0.15) is 5.82 Å². The first-order chi connectivity index (χ1) is 13.6. The van der Waals surface area contributed by atoms with E-state index in [4.69, 9.17) is 0 Å². The van der Waals surface area contributed by atoms with E-state index in [1.54, 1.807) is 12.1 Å². The number of fused-ring (bicyclic) bond motifs is 3. The van der Waals surface area contributed by atoms with Crippen LogP contribution >= 0.6 is 0 Å². The van der Waals surface area contributed by atoms with Gasteiger partial charge in [-0.15, -0.1) is 0 Å². The number of benzene rings is 2. The molecule has 2 aliphatic rings. The number of anilines is 1. The number of nitrogens with zero attached hydrogens (tertiary/aromatic N) is 2. The fraction of sp³-hybridized carbons (Fsp3) is 0.458. The van der Waals surface area contributed by atoms with Crippen molar-refractivity contribution in [3.05, 3.63) is 65.0 Å². The van der Waals surface area contributed by atoms with Crippen LogP contribution in [0.1, 0.15) is 53.6 Å². The molecule has 0 unspecified atom stereocenters. The average Bonchev–Trinajstić information content (AvgIpc) is 3.00. The number of ketones is 1. The van der Waals surface area contributed by atoms with E-state index >= 15 is 0 Å². The number of likely N-dealkylation sites (N-methyl/N-ethyl adjacent to an activating group) is 1. The van der Waals surface area contributed by atoms with Crippen LogP contribution in [-0.4, -0.2) is 42.9 Å².